The van der Waals surface area contributed by atoms with E-state index in [9.17, 15) is 0 Å². The van der Waals surface area contributed by atoms with Crippen molar-refractivity contribution in [2.24, 2.45) is 0 Å². The molecular weight excluding hydrogens is 206 g/mol. The molecule has 1 aromatic rings. The predicted octanol–water partition coefficient (Wildman–Crippen LogP) is 2.36. The molecule has 15 heavy (non-hydrogen) atoms. The topological polar surface area (TPSA) is 50.9 Å². The Morgan fingerprint density at radius 1 is 1.53 bits per heavy atom. The molecular formula is C11H17N3S. The SMILES string of the molecule is CSC1CCC(Nc2cc(N)ccn2)C1. The highest BCUT2D eigenvalue weighted by molar-refractivity contribution is 7.99. The summed E-state index contributed by atoms with van der Waals surface area (Å²) in [7, 11) is 0. The number of nitrogens with zero attached hydrogens (tertiary/aromatic N) is 1. The lowest BCUT2D eigenvalue weighted by molar-refractivity contribution is 0.752. The lowest BCUT2D eigenvalue weighted by Crippen LogP contribution is -2.16. The average Bonchev–Trinajstić information content (AvgIpc) is 2.65. The molecule has 2 rings (SSSR count). The van der Waals surface area contributed by atoms with Gasteiger partial charge in [0.15, 0.2) is 0 Å². The van der Waals surface area contributed by atoms with Crippen LogP contribution in [-0.4, -0.2) is 22.5 Å². The maximum Gasteiger partial charge on any atom is 0.128 e. The van der Waals surface area contributed by atoms with E-state index >= 15 is 0 Å². The highest BCUT2D eigenvalue weighted by Crippen LogP contribution is 2.29. The normalized spacial score (nSPS) is 25.4. The maximum absolute atomic E-state index is 5.70. The summed E-state index contributed by atoms with van der Waals surface area (Å²) in [5, 5.41) is 4.25. The van der Waals surface area contributed by atoms with Gasteiger partial charge in [0.1, 0.15) is 5.82 Å². The van der Waals surface area contributed by atoms with Crippen molar-refractivity contribution in [3.05, 3.63) is 18.3 Å². The van der Waals surface area contributed by atoms with E-state index in [1.54, 1.807) is 6.20 Å². The molecule has 2 unspecified atom stereocenters. The lowest BCUT2D eigenvalue weighted by Gasteiger charge is -2.13. The van der Waals surface area contributed by atoms with E-state index in [4.69, 9.17) is 5.73 Å². The fourth-order valence-corrected chi connectivity index (χ4v) is 2.82. The number of hydrogen-bond donors (Lipinski definition) is 2. The zero-order valence-electron chi connectivity index (χ0n) is 8.94. The Morgan fingerprint density at radius 2 is 2.40 bits per heavy atom. The summed E-state index contributed by atoms with van der Waals surface area (Å²) >= 11 is 1.96. The average molecular weight is 223 g/mol. The van der Waals surface area contributed by atoms with Crippen molar-refractivity contribution in [1.82, 2.24) is 4.98 Å². The first-order valence-electron chi connectivity index (χ1n) is 5.29. The quantitative estimate of drug-likeness (QED) is 0.826. The summed E-state index contributed by atoms with van der Waals surface area (Å²) in [6.45, 7) is 0. The second kappa shape index (κ2) is 4.75. The highest BCUT2D eigenvalue weighted by Gasteiger charge is 2.23. The van der Waals surface area contributed by atoms with Crippen LogP contribution in [0.3, 0.4) is 0 Å². The fraction of sp³-hybridized carbons (Fsp3) is 0.545. The van der Waals surface area contributed by atoms with Crippen molar-refractivity contribution in [3.8, 4) is 0 Å². The minimum atomic E-state index is 0.566. The molecule has 3 nitrogen and oxygen atoms in total. The number of nitrogens with two attached hydrogens (primary N) is 1. The van der Waals surface area contributed by atoms with Gasteiger partial charge in [-0.05, 0) is 31.6 Å². The molecule has 1 aliphatic rings. The van der Waals surface area contributed by atoms with E-state index in [1.165, 1.54) is 19.3 Å². The van der Waals surface area contributed by atoms with Gasteiger partial charge in [-0.1, -0.05) is 0 Å². The number of aromatic nitrogens is 1. The number of anilines is 2. The lowest BCUT2D eigenvalue weighted by atomic mass is 10.2. The summed E-state index contributed by atoms with van der Waals surface area (Å²) in [5.41, 5.74) is 6.47. The Morgan fingerprint density at radius 3 is 3.07 bits per heavy atom. The number of pyridine rings is 1. The molecule has 4 heteroatoms. The Labute approximate surface area is 94.8 Å². The molecule has 82 valence electrons. The van der Waals surface area contributed by atoms with Crippen LogP contribution in [0.25, 0.3) is 0 Å². The molecule has 1 heterocycles. The van der Waals surface area contributed by atoms with E-state index in [0.717, 1.165) is 16.8 Å². The molecule has 0 aliphatic heterocycles. The second-order valence-corrected chi connectivity index (χ2v) is 5.12. The molecule has 3 N–H and O–H groups in total. The van der Waals surface area contributed by atoms with Crippen LogP contribution in [0.1, 0.15) is 19.3 Å². The van der Waals surface area contributed by atoms with Crippen molar-refractivity contribution in [2.45, 2.75) is 30.6 Å². The molecule has 0 radical (unpaired) electrons. The molecule has 2 atom stereocenters. The number of thioether (sulfide) groups is 1. The first-order valence-corrected chi connectivity index (χ1v) is 6.57. The van der Waals surface area contributed by atoms with Crippen LogP contribution >= 0.6 is 11.8 Å². The van der Waals surface area contributed by atoms with Gasteiger partial charge in [0, 0.05) is 29.2 Å². The minimum Gasteiger partial charge on any atom is -0.399 e. The van der Waals surface area contributed by atoms with Gasteiger partial charge in [0.05, 0.1) is 0 Å². The summed E-state index contributed by atoms with van der Waals surface area (Å²) in [6.07, 6.45) is 7.71. The van der Waals surface area contributed by atoms with Gasteiger partial charge in [0.25, 0.3) is 0 Å². The molecule has 1 aliphatic carbocycles. The molecule has 0 bridgehead atoms. The molecule has 1 fully saturated rings. The zero-order valence-corrected chi connectivity index (χ0v) is 9.76. The van der Waals surface area contributed by atoms with Gasteiger partial charge in [-0.3, -0.25) is 0 Å². The van der Waals surface area contributed by atoms with E-state index in [0.29, 0.717) is 6.04 Å². The molecule has 1 saturated carbocycles. The van der Waals surface area contributed by atoms with Gasteiger partial charge in [-0.25, -0.2) is 4.98 Å². The van der Waals surface area contributed by atoms with Gasteiger partial charge in [-0.15, -0.1) is 0 Å². The fourth-order valence-electron chi connectivity index (χ4n) is 2.02. The minimum absolute atomic E-state index is 0.566. The van der Waals surface area contributed by atoms with Gasteiger partial charge in [-0.2, -0.15) is 11.8 Å². The van der Waals surface area contributed by atoms with Crippen LogP contribution in [0.5, 0.6) is 0 Å². The summed E-state index contributed by atoms with van der Waals surface area (Å²) in [6, 6.07) is 4.27. The summed E-state index contributed by atoms with van der Waals surface area (Å²) < 4.78 is 0. The highest BCUT2D eigenvalue weighted by atomic mass is 32.2. The maximum atomic E-state index is 5.70. The van der Waals surface area contributed by atoms with Crippen molar-refractivity contribution >= 4 is 23.3 Å². The van der Waals surface area contributed by atoms with Crippen LogP contribution in [0.4, 0.5) is 11.5 Å². The van der Waals surface area contributed by atoms with E-state index in [1.807, 2.05) is 23.9 Å². The number of hydrogen-bond acceptors (Lipinski definition) is 4. The molecule has 1 aromatic heterocycles. The van der Waals surface area contributed by atoms with E-state index in [2.05, 4.69) is 16.6 Å². The largest absolute Gasteiger partial charge is 0.399 e. The van der Waals surface area contributed by atoms with Gasteiger partial charge in [0.2, 0.25) is 0 Å². The smallest absolute Gasteiger partial charge is 0.128 e. The van der Waals surface area contributed by atoms with Crippen molar-refractivity contribution < 1.29 is 0 Å². The molecule has 0 saturated heterocycles. The number of nitrogens with one attached hydrogen (secondary N) is 1. The second-order valence-electron chi connectivity index (χ2n) is 3.99. The van der Waals surface area contributed by atoms with E-state index < -0.39 is 0 Å². The Kier molecular flexibility index (Phi) is 3.36. The number of rotatable bonds is 3. The predicted molar refractivity (Wildman–Crippen MR) is 67.2 cm³/mol. The molecule has 0 spiro atoms. The van der Waals surface area contributed by atoms with Crippen LogP contribution in [-0.2, 0) is 0 Å². The third-order valence-electron chi connectivity index (χ3n) is 2.85. The first kappa shape index (κ1) is 10.6. The Balaban J connectivity index is 1.92. The van der Waals surface area contributed by atoms with Crippen LogP contribution in [0.2, 0.25) is 0 Å². The molecule has 0 aromatic carbocycles. The van der Waals surface area contributed by atoms with Crippen LogP contribution in [0.15, 0.2) is 18.3 Å². The monoisotopic (exact) mass is 223 g/mol. The third-order valence-corrected chi connectivity index (χ3v) is 3.95. The number of nitrogen functional groups attached to an aromatic ring is 1. The van der Waals surface area contributed by atoms with Crippen molar-refractivity contribution in [2.75, 3.05) is 17.3 Å². The van der Waals surface area contributed by atoms with Gasteiger partial charge >= 0.3 is 0 Å². The summed E-state index contributed by atoms with van der Waals surface area (Å²) in [5.74, 6) is 0.904. The standard InChI is InChI=1S/C11H17N3S/c1-15-10-3-2-9(7-10)14-11-6-8(12)4-5-13-11/h4-6,9-10H,2-3,7H2,1H3,(H3,12,13,14). The van der Waals surface area contributed by atoms with Gasteiger partial charge < -0.3 is 11.1 Å². The van der Waals surface area contributed by atoms with Crippen LogP contribution < -0.4 is 11.1 Å². The zero-order chi connectivity index (χ0) is 10.7. The van der Waals surface area contributed by atoms with Crippen LogP contribution in [0, 0.1) is 0 Å². The third kappa shape index (κ3) is 2.78. The van der Waals surface area contributed by atoms with Crippen molar-refractivity contribution in [1.29, 1.82) is 0 Å². The van der Waals surface area contributed by atoms with Crippen molar-refractivity contribution in [3.63, 3.8) is 0 Å². The molecule has 0 amide bonds. The van der Waals surface area contributed by atoms with E-state index in [-0.39, 0.29) is 0 Å². The summed E-state index contributed by atoms with van der Waals surface area (Å²) in [4.78, 5) is 4.26. The Hall–Kier alpha value is -0.900. The Bertz CT molecular complexity index is 329. The first-order chi connectivity index (χ1) is 7.28.